The van der Waals surface area contributed by atoms with Gasteiger partial charge in [-0.05, 0) is 55.4 Å². The highest BCUT2D eigenvalue weighted by Gasteiger charge is 2.54. The number of nitrogens with one attached hydrogen (secondary N) is 1. The van der Waals surface area contributed by atoms with Gasteiger partial charge in [0.1, 0.15) is 0 Å². The Hall–Kier alpha value is -1.91. The summed E-state index contributed by atoms with van der Waals surface area (Å²) >= 11 is 0. The second-order valence-electron chi connectivity index (χ2n) is 7.04. The lowest BCUT2D eigenvalue weighted by Gasteiger charge is -2.32. The average molecular weight is 300 g/mol. The van der Waals surface area contributed by atoms with E-state index in [1.54, 1.807) is 12.1 Å². The van der Waals surface area contributed by atoms with Gasteiger partial charge in [-0.2, -0.15) is 0 Å². The molecule has 0 aliphatic heterocycles. The van der Waals surface area contributed by atoms with Gasteiger partial charge < -0.3 is 5.32 Å². The molecule has 3 fully saturated rings. The lowest BCUT2D eigenvalue weighted by Crippen LogP contribution is -2.42. The molecule has 5 atom stereocenters. The number of nitro groups is 1. The van der Waals surface area contributed by atoms with Crippen molar-refractivity contribution in [2.75, 3.05) is 0 Å². The summed E-state index contributed by atoms with van der Waals surface area (Å²) in [5.74, 6) is 2.94. The van der Waals surface area contributed by atoms with Gasteiger partial charge in [-0.25, -0.2) is 0 Å². The summed E-state index contributed by atoms with van der Waals surface area (Å²) in [6.07, 6.45) is 6.38. The molecule has 1 aromatic carbocycles. The molecule has 3 saturated carbocycles. The fourth-order valence-corrected chi connectivity index (χ4v) is 5.25. The molecule has 0 radical (unpaired) electrons. The third-order valence-corrected chi connectivity index (χ3v) is 6.06. The molecule has 5 heteroatoms. The van der Waals surface area contributed by atoms with E-state index in [0.717, 1.165) is 24.2 Å². The number of amides is 1. The second-order valence-corrected chi connectivity index (χ2v) is 7.04. The normalized spacial score (nSPS) is 35.4. The standard InChI is InChI=1S/C17H20N2O3/c20-17(10-3-1-4-12(7-10)19(21)22)18-16-9-11-8-15(16)14-6-2-5-13(11)14/h1,3-4,7,11,13-16H,2,5-6,8-9H2,(H,18,20). The Morgan fingerprint density at radius 3 is 2.82 bits per heavy atom. The molecular formula is C17H20N2O3. The van der Waals surface area contributed by atoms with E-state index in [-0.39, 0.29) is 17.6 Å². The minimum atomic E-state index is -0.461. The Morgan fingerprint density at radius 2 is 2.00 bits per heavy atom. The number of nitro benzene ring substituents is 1. The second kappa shape index (κ2) is 5.07. The highest BCUT2D eigenvalue weighted by molar-refractivity contribution is 5.95. The fourth-order valence-electron chi connectivity index (χ4n) is 5.25. The number of hydrogen-bond donors (Lipinski definition) is 1. The highest BCUT2D eigenvalue weighted by atomic mass is 16.6. The fraction of sp³-hybridized carbons (Fsp3) is 0.588. The number of carbonyl (C=O) groups is 1. The van der Waals surface area contributed by atoms with Crippen LogP contribution in [0.3, 0.4) is 0 Å². The summed E-state index contributed by atoms with van der Waals surface area (Å²) in [5, 5.41) is 14.0. The number of rotatable bonds is 3. The topological polar surface area (TPSA) is 72.2 Å². The number of hydrogen-bond acceptors (Lipinski definition) is 3. The molecule has 0 saturated heterocycles. The van der Waals surface area contributed by atoms with Crippen LogP contribution in [-0.2, 0) is 0 Å². The van der Waals surface area contributed by atoms with Crippen LogP contribution in [-0.4, -0.2) is 16.9 Å². The van der Waals surface area contributed by atoms with E-state index >= 15 is 0 Å². The van der Waals surface area contributed by atoms with Crippen molar-refractivity contribution in [3.63, 3.8) is 0 Å². The molecule has 1 N–H and O–H groups in total. The summed E-state index contributed by atoms with van der Waals surface area (Å²) in [6, 6.07) is 6.25. The van der Waals surface area contributed by atoms with Gasteiger partial charge in [0.25, 0.3) is 11.6 Å². The highest BCUT2D eigenvalue weighted by Crippen LogP contribution is 2.58. The first-order valence-electron chi connectivity index (χ1n) is 8.19. The largest absolute Gasteiger partial charge is 0.349 e. The third kappa shape index (κ3) is 2.11. The van der Waals surface area contributed by atoms with E-state index in [1.165, 1.54) is 37.8 Å². The van der Waals surface area contributed by atoms with Gasteiger partial charge >= 0.3 is 0 Å². The summed E-state index contributed by atoms with van der Waals surface area (Å²) in [6.45, 7) is 0. The van der Waals surface area contributed by atoms with E-state index in [0.29, 0.717) is 11.5 Å². The van der Waals surface area contributed by atoms with Crippen molar-refractivity contribution in [1.29, 1.82) is 0 Å². The van der Waals surface area contributed by atoms with Crippen molar-refractivity contribution in [3.8, 4) is 0 Å². The molecule has 5 nitrogen and oxygen atoms in total. The van der Waals surface area contributed by atoms with Gasteiger partial charge in [-0.15, -0.1) is 0 Å². The van der Waals surface area contributed by atoms with E-state index in [1.807, 2.05) is 0 Å². The summed E-state index contributed by atoms with van der Waals surface area (Å²) in [4.78, 5) is 22.8. The van der Waals surface area contributed by atoms with Gasteiger partial charge in [0.15, 0.2) is 0 Å². The van der Waals surface area contributed by atoms with Crippen LogP contribution in [0.4, 0.5) is 5.69 Å². The lowest BCUT2D eigenvalue weighted by molar-refractivity contribution is -0.384. The zero-order valence-corrected chi connectivity index (χ0v) is 12.4. The van der Waals surface area contributed by atoms with Crippen LogP contribution in [0.15, 0.2) is 24.3 Å². The molecule has 22 heavy (non-hydrogen) atoms. The first kappa shape index (κ1) is 13.7. The number of nitrogens with zero attached hydrogens (tertiary/aromatic N) is 1. The van der Waals surface area contributed by atoms with Crippen LogP contribution in [0.25, 0.3) is 0 Å². The van der Waals surface area contributed by atoms with Crippen LogP contribution < -0.4 is 5.32 Å². The molecular weight excluding hydrogens is 280 g/mol. The Balaban J connectivity index is 1.47. The number of non-ortho nitro benzene ring substituents is 1. The SMILES string of the molecule is O=C(NC1CC2CC1C1CCCC21)c1cccc([N+](=O)[O-])c1. The molecule has 3 aliphatic rings. The van der Waals surface area contributed by atoms with E-state index in [2.05, 4.69) is 5.32 Å². The van der Waals surface area contributed by atoms with E-state index < -0.39 is 4.92 Å². The number of benzene rings is 1. The smallest absolute Gasteiger partial charge is 0.270 e. The van der Waals surface area contributed by atoms with E-state index in [9.17, 15) is 14.9 Å². The van der Waals surface area contributed by atoms with Crippen molar-refractivity contribution in [2.24, 2.45) is 23.7 Å². The van der Waals surface area contributed by atoms with Crippen LogP contribution in [0.2, 0.25) is 0 Å². The Kier molecular flexibility index (Phi) is 3.17. The minimum Gasteiger partial charge on any atom is -0.349 e. The maximum atomic E-state index is 12.4. The zero-order chi connectivity index (χ0) is 15.3. The zero-order valence-electron chi connectivity index (χ0n) is 12.4. The first-order chi connectivity index (χ1) is 10.6. The molecule has 4 rings (SSSR count). The van der Waals surface area contributed by atoms with Crippen molar-refractivity contribution >= 4 is 11.6 Å². The Labute approximate surface area is 129 Å². The predicted octanol–water partition coefficient (Wildman–Crippen LogP) is 3.15. The predicted molar refractivity (Wildman–Crippen MR) is 81.4 cm³/mol. The van der Waals surface area contributed by atoms with Crippen molar-refractivity contribution in [3.05, 3.63) is 39.9 Å². The quantitative estimate of drug-likeness (QED) is 0.688. The van der Waals surface area contributed by atoms with Crippen LogP contribution >= 0.6 is 0 Å². The molecule has 2 bridgehead atoms. The van der Waals surface area contributed by atoms with Crippen molar-refractivity contribution in [1.82, 2.24) is 5.32 Å². The number of fused-ring (bicyclic) bond motifs is 5. The summed E-state index contributed by atoms with van der Waals surface area (Å²) in [5.41, 5.74) is 0.358. The molecule has 0 heterocycles. The molecule has 0 aromatic heterocycles. The average Bonchev–Trinajstić information content (AvgIpc) is 3.19. The van der Waals surface area contributed by atoms with Crippen LogP contribution in [0.5, 0.6) is 0 Å². The summed E-state index contributed by atoms with van der Waals surface area (Å²) in [7, 11) is 0. The summed E-state index contributed by atoms with van der Waals surface area (Å²) < 4.78 is 0. The minimum absolute atomic E-state index is 0.0311. The maximum Gasteiger partial charge on any atom is 0.270 e. The molecule has 3 aliphatic carbocycles. The van der Waals surface area contributed by atoms with Gasteiger partial charge in [0.2, 0.25) is 0 Å². The molecule has 0 spiro atoms. The Morgan fingerprint density at radius 1 is 1.18 bits per heavy atom. The van der Waals surface area contributed by atoms with Crippen molar-refractivity contribution in [2.45, 2.75) is 38.1 Å². The van der Waals surface area contributed by atoms with Crippen molar-refractivity contribution < 1.29 is 9.72 Å². The van der Waals surface area contributed by atoms with Gasteiger partial charge in [-0.3, -0.25) is 14.9 Å². The molecule has 5 unspecified atom stereocenters. The Bertz CT molecular complexity index is 630. The van der Waals surface area contributed by atoms with Crippen LogP contribution in [0, 0.1) is 33.8 Å². The number of carbonyl (C=O) groups excluding carboxylic acids is 1. The van der Waals surface area contributed by atoms with Crippen LogP contribution in [0.1, 0.15) is 42.5 Å². The third-order valence-electron chi connectivity index (χ3n) is 6.06. The van der Waals surface area contributed by atoms with Gasteiger partial charge in [-0.1, -0.05) is 12.5 Å². The monoisotopic (exact) mass is 300 g/mol. The lowest BCUT2D eigenvalue weighted by atomic mass is 9.79. The first-order valence-corrected chi connectivity index (χ1v) is 8.19. The molecule has 116 valence electrons. The molecule has 1 aromatic rings. The van der Waals surface area contributed by atoms with Gasteiger partial charge in [0.05, 0.1) is 4.92 Å². The van der Waals surface area contributed by atoms with E-state index in [4.69, 9.17) is 0 Å². The van der Waals surface area contributed by atoms with Gasteiger partial charge in [0, 0.05) is 23.7 Å². The maximum absolute atomic E-state index is 12.4. The molecule has 1 amide bonds.